The Morgan fingerprint density at radius 3 is 2.54 bits per heavy atom. The van der Waals surface area contributed by atoms with Crippen molar-refractivity contribution in [1.29, 1.82) is 0 Å². The lowest BCUT2D eigenvalue weighted by atomic mass is 10.2. The van der Waals surface area contributed by atoms with Crippen molar-refractivity contribution in [2.24, 2.45) is 0 Å². The van der Waals surface area contributed by atoms with Gasteiger partial charge in [-0.1, -0.05) is 6.07 Å². The summed E-state index contributed by atoms with van der Waals surface area (Å²) in [6.45, 7) is 4.25. The molecule has 0 aliphatic carbocycles. The molecule has 0 aliphatic rings. The summed E-state index contributed by atoms with van der Waals surface area (Å²) in [6, 6.07) is 11.9. The molecule has 0 saturated carbocycles. The Morgan fingerprint density at radius 2 is 1.92 bits per heavy atom. The number of ether oxygens (including phenoxy) is 1. The molecule has 0 unspecified atom stereocenters. The summed E-state index contributed by atoms with van der Waals surface area (Å²) in [7, 11) is 0. The smallest absolute Gasteiger partial charge is 0.293 e. The van der Waals surface area contributed by atoms with Gasteiger partial charge in [0.1, 0.15) is 11.4 Å². The van der Waals surface area contributed by atoms with Crippen LogP contribution in [0.15, 0.2) is 42.5 Å². The van der Waals surface area contributed by atoms with Crippen LogP contribution in [0.5, 0.6) is 5.75 Å². The van der Waals surface area contributed by atoms with Gasteiger partial charge in [0.25, 0.3) is 5.69 Å². The van der Waals surface area contributed by atoms with Crippen molar-refractivity contribution in [3.8, 4) is 5.75 Å². The van der Waals surface area contributed by atoms with Crippen molar-refractivity contribution in [3.63, 3.8) is 0 Å². The van der Waals surface area contributed by atoms with Gasteiger partial charge in [-0.25, -0.2) is 0 Å². The highest BCUT2D eigenvalue weighted by Gasteiger charge is 2.15. The summed E-state index contributed by atoms with van der Waals surface area (Å²) in [6.07, 6.45) is 0. The third kappa shape index (κ3) is 4.70. The second-order valence-corrected chi connectivity index (χ2v) is 5.14. The molecule has 0 bridgehead atoms. The largest absolute Gasteiger partial charge is 0.494 e. The first-order valence-electron chi connectivity index (χ1n) is 7.51. The maximum Gasteiger partial charge on any atom is 0.293 e. The first-order valence-corrected chi connectivity index (χ1v) is 7.51. The number of anilines is 2. The van der Waals surface area contributed by atoms with E-state index in [2.05, 4.69) is 10.6 Å². The fraction of sp³-hybridized carbons (Fsp3) is 0.235. The number of hydrogen-bond donors (Lipinski definition) is 2. The van der Waals surface area contributed by atoms with Gasteiger partial charge >= 0.3 is 0 Å². The highest BCUT2D eigenvalue weighted by atomic mass is 16.6. The Balaban J connectivity index is 1.95. The quantitative estimate of drug-likeness (QED) is 0.600. The molecule has 0 atom stereocenters. The third-order valence-corrected chi connectivity index (χ3v) is 3.24. The zero-order chi connectivity index (χ0) is 17.5. The average molecular weight is 329 g/mol. The predicted octanol–water partition coefficient (Wildman–Crippen LogP) is 3.35. The number of nitro benzene ring substituents is 1. The van der Waals surface area contributed by atoms with E-state index in [9.17, 15) is 14.9 Å². The minimum absolute atomic E-state index is 0.000980. The summed E-state index contributed by atoms with van der Waals surface area (Å²) in [5.74, 6) is 0.388. The van der Waals surface area contributed by atoms with Crippen LogP contribution in [-0.4, -0.2) is 24.0 Å². The predicted molar refractivity (Wildman–Crippen MR) is 92.6 cm³/mol. The number of carbonyl (C=O) groups is 1. The van der Waals surface area contributed by atoms with Crippen LogP contribution in [-0.2, 0) is 4.79 Å². The number of nitrogens with zero attached hydrogens (tertiary/aromatic N) is 1. The normalized spacial score (nSPS) is 10.1. The summed E-state index contributed by atoms with van der Waals surface area (Å²) < 4.78 is 5.34. The summed E-state index contributed by atoms with van der Waals surface area (Å²) >= 11 is 0. The number of carbonyl (C=O) groups excluding carboxylic acids is 1. The van der Waals surface area contributed by atoms with Gasteiger partial charge in [0.2, 0.25) is 5.91 Å². The average Bonchev–Trinajstić information content (AvgIpc) is 2.56. The zero-order valence-corrected chi connectivity index (χ0v) is 13.5. The minimum atomic E-state index is -0.511. The number of amides is 1. The highest BCUT2D eigenvalue weighted by Crippen LogP contribution is 2.25. The third-order valence-electron chi connectivity index (χ3n) is 3.24. The van der Waals surface area contributed by atoms with E-state index in [0.29, 0.717) is 6.61 Å². The van der Waals surface area contributed by atoms with Gasteiger partial charge in [-0.3, -0.25) is 14.9 Å². The van der Waals surface area contributed by atoms with E-state index in [1.807, 2.05) is 6.92 Å². The molecule has 2 aromatic rings. The zero-order valence-electron chi connectivity index (χ0n) is 13.5. The maximum atomic E-state index is 12.0. The molecule has 0 aromatic heterocycles. The maximum absolute atomic E-state index is 12.0. The molecule has 0 spiro atoms. The second-order valence-electron chi connectivity index (χ2n) is 5.14. The van der Waals surface area contributed by atoms with Crippen LogP contribution >= 0.6 is 0 Å². The van der Waals surface area contributed by atoms with Gasteiger partial charge in [-0.2, -0.15) is 0 Å². The second kappa shape index (κ2) is 7.96. The fourth-order valence-electron chi connectivity index (χ4n) is 2.11. The lowest BCUT2D eigenvalue weighted by Crippen LogP contribution is -2.22. The van der Waals surface area contributed by atoms with Gasteiger partial charge in [0, 0.05) is 11.8 Å². The van der Waals surface area contributed by atoms with Crippen LogP contribution in [0.25, 0.3) is 0 Å². The van der Waals surface area contributed by atoms with Gasteiger partial charge in [0.15, 0.2) is 0 Å². The number of nitrogens with one attached hydrogen (secondary N) is 2. The van der Waals surface area contributed by atoms with Crippen molar-refractivity contribution in [1.82, 2.24) is 0 Å². The van der Waals surface area contributed by atoms with Gasteiger partial charge in [0.05, 0.1) is 18.1 Å². The molecular formula is C17H19N3O4. The molecule has 0 fully saturated rings. The number of nitro groups is 1. The van der Waals surface area contributed by atoms with Gasteiger partial charge in [-0.15, -0.1) is 0 Å². The lowest BCUT2D eigenvalue weighted by Gasteiger charge is -2.09. The van der Waals surface area contributed by atoms with Crippen molar-refractivity contribution < 1.29 is 14.5 Å². The Kier molecular flexibility index (Phi) is 5.73. The van der Waals surface area contributed by atoms with Gasteiger partial charge < -0.3 is 15.4 Å². The van der Waals surface area contributed by atoms with Crippen LogP contribution in [0.4, 0.5) is 17.1 Å². The molecule has 7 nitrogen and oxygen atoms in total. The first kappa shape index (κ1) is 17.3. The van der Waals surface area contributed by atoms with Gasteiger partial charge in [-0.05, 0) is 49.7 Å². The lowest BCUT2D eigenvalue weighted by molar-refractivity contribution is -0.384. The van der Waals surface area contributed by atoms with Crippen molar-refractivity contribution in [2.75, 3.05) is 23.8 Å². The highest BCUT2D eigenvalue weighted by molar-refractivity contribution is 5.95. The number of hydrogen-bond acceptors (Lipinski definition) is 5. The number of aryl methyl sites for hydroxylation is 1. The topological polar surface area (TPSA) is 93.5 Å². The molecule has 1 amide bonds. The molecular weight excluding hydrogens is 310 g/mol. The van der Waals surface area contributed by atoms with Crippen molar-refractivity contribution in [2.45, 2.75) is 13.8 Å². The van der Waals surface area contributed by atoms with Crippen LogP contribution in [0.1, 0.15) is 12.5 Å². The number of benzene rings is 2. The number of rotatable bonds is 7. The minimum Gasteiger partial charge on any atom is -0.494 e. The van der Waals surface area contributed by atoms with Crippen LogP contribution in [0, 0.1) is 17.0 Å². The molecule has 0 aliphatic heterocycles. The molecule has 0 saturated heterocycles. The SMILES string of the molecule is CCOc1ccc(NCC(=O)Nc2ccc(C)cc2[N+](=O)[O-])cc1. The first-order chi connectivity index (χ1) is 11.5. The van der Waals surface area contributed by atoms with E-state index in [1.54, 1.807) is 37.3 Å². The Morgan fingerprint density at radius 1 is 1.21 bits per heavy atom. The molecule has 2 N–H and O–H groups in total. The molecule has 2 rings (SSSR count). The van der Waals surface area contributed by atoms with E-state index in [4.69, 9.17) is 4.74 Å². The molecule has 0 radical (unpaired) electrons. The van der Waals surface area contributed by atoms with E-state index in [0.717, 1.165) is 17.0 Å². The molecule has 0 heterocycles. The van der Waals surface area contributed by atoms with Crippen molar-refractivity contribution in [3.05, 3.63) is 58.1 Å². The molecule has 7 heteroatoms. The van der Waals surface area contributed by atoms with E-state index in [1.165, 1.54) is 12.1 Å². The molecule has 2 aromatic carbocycles. The standard InChI is InChI=1S/C17H19N3O4/c1-3-24-14-7-5-13(6-8-14)18-11-17(21)19-15-9-4-12(2)10-16(15)20(22)23/h4-10,18H,3,11H2,1-2H3,(H,19,21). The summed E-state index contributed by atoms with van der Waals surface area (Å²) in [5.41, 5.74) is 1.58. The fourth-order valence-corrected chi connectivity index (χ4v) is 2.11. The van der Waals surface area contributed by atoms with Crippen LogP contribution in [0.3, 0.4) is 0 Å². The van der Waals surface area contributed by atoms with E-state index >= 15 is 0 Å². The Bertz CT molecular complexity index is 729. The summed E-state index contributed by atoms with van der Waals surface area (Å²) in [4.78, 5) is 22.5. The van der Waals surface area contributed by atoms with Crippen molar-refractivity contribution >= 4 is 23.0 Å². The Labute approximate surface area is 139 Å². The monoisotopic (exact) mass is 329 g/mol. The van der Waals surface area contributed by atoms with Crippen LogP contribution in [0.2, 0.25) is 0 Å². The van der Waals surface area contributed by atoms with Crippen LogP contribution < -0.4 is 15.4 Å². The summed E-state index contributed by atoms with van der Waals surface area (Å²) in [5, 5.41) is 16.6. The molecule has 24 heavy (non-hydrogen) atoms. The van der Waals surface area contributed by atoms with E-state index < -0.39 is 4.92 Å². The van der Waals surface area contributed by atoms with E-state index in [-0.39, 0.29) is 23.8 Å². The molecule has 126 valence electrons. The Hall–Kier alpha value is -3.09.